The Morgan fingerprint density at radius 2 is 1.65 bits per heavy atom. The number of fused-ring (bicyclic) bond motifs is 4. The van der Waals surface area contributed by atoms with Gasteiger partial charge in [0.1, 0.15) is 5.69 Å². The molecule has 3 aliphatic rings. The van der Waals surface area contributed by atoms with Gasteiger partial charge in [-0.05, 0) is 25.5 Å². The van der Waals surface area contributed by atoms with Gasteiger partial charge in [0.2, 0.25) is 5.72 Å². The zero-order chi connectivity index (χ0) is 23.5. The molecule has 6 heteroatoms. The minimum atomic E-state index is -0.691. The molecule has 3 aromatic carbocycles. The molecule has 34 heavy (non-hydrogen) atoms. The number of ether oxygens (including phenoxy) is 1. The van der Waals surface area contributed by atoms with Crippen LogP contribution >= 0.6 is 0 Å². The second-order valence-electron chi connectivity index (χ2n) is 10.1. The SMILES string of the molecule is CN1c2ccccc2C(C)(C)C12C=Nc1c(cc(N3CCN(CCO)CC3)c3ccccc13)O2. The van der Waals surface area contributed by atoms with Crippen molar-refractivity contribution < 1.29 is 9.84 Å². The Morgan fingerprint density at radius 1 is 0.941 bits per heavy atom. The molecule has 3 aromatic rings. The van der Waals surface area contributed by atoms with Crippen LogP contribution in [0.4, 0.5) is 17.1 Å². The normalized spacial score (nSPS) is 23.3. The number of aliphatic hydroxyl groups is 1. The van der Waals surface area contributed by atoms with Crippen LogP contribution in [0.15, 0.2) is 59.6 Å². The van der Waals surface area contributed by atoms with Gasteiger partial charge in [0, 0.05) is 68.0 Å². The van der Waals surface area contributed by atoms with E-state index in [0.29, 0.717) is 0 Å². The summed E-state index contributed by atoms with van der Waals surface area (Å²) in [6, 6.07) is 19.3. The van der Waals surface area contributed by atoms with Gasteiger partial charge in [-0.2, -0.15) is 0 Å². The Bertz CT molecular complexity index is 1280. The lowest BCUT2D eigenvalue weighted by molar-refractivity contribution is 0.0827. The first-order valence-corrected chi connectivity index (χ1v) is 12.2. The van der Waals surface area contributed by atoms with Crippen LogP contribution in [0.25, 0.3) is 10.8 Å². The molecule has 1 fully saturated rings. The summed E-state index contributed by atoms with van der Waals surface area (Å²) in [5.41, 5.74) is 3.59. The molecule has 3 aliphatic heterocycles. The van der Waals surface area contributed by atoms with Gasteiger partial charge < -0.3 is 19.6 Å². The summed E-state index contributed by atoms with van der Waals surface area (Å²) in [5, 5.41) is 11.6. The molecule has 3 heterocycles. The number of benzene rings is 3. The maximum atomic E-state index is 9.32. The summed E-state index contributed by atoms with van der Waals surface area (Å²) in [6.07, 6.45) is 2.01. The average molecular weight is 457 g/mol. The molecule has 0 radical (unpaired) electrons. The minimum Gasteiger partial charge on any atom is -0.459 e. The van der Waals surface area contributed by atoms with Crippen LogP contribution in [-0.4, -0.2) is 68.3 Å². The van der Waals surface area contributed by atoms with E-state index in [4.69, 9.17) is 9.73 Å². The molecule has 6 nitrogen and oxygen atoms in total. The maximum Gasteiger partial charge on any atom is 0.228 e. The Hall–Kier alpha value is -3.09. The summed E-state index contributed by atoms with van der Waals surface area (Å²) < 4.78 is 7.00. The zero-order valence-corrected chi connectivity index (χ0v) is 20.2. The predicted molar refractivity (Wildman–Crippen MR) is 139 cm³/mol. The van der Waals surface area contributed by atoms with E-state index in [1.165, 1.54) is 22.3 Å². The molecule has 1 N–H and O–H groups in total. The van der Waals surface area contributed by atoms with Crippen LogP contribution in [0.5, 0.6) is 5.75 Å². The van der Waals surface area contributed by atoms with Crippen LogP contribution in [0.3, 0.4) is 0 Å². The quantitative estimate of drug-likeness (QED) is 0.641. The molecular formula is C28H32N4O2. The monoisotopic (exact) mass is 456 g/mol. The second-order valence-corrected chi connectivity index (χ2v) is 10.1. The highest BCUT2D eigenvalue weighted by Gasteiger charge is 2.58. The number of β-amino-alcohol motifs (C(OH)–C–C–N with tert-alkyl or cyclic N) is 1. The summed E-state index contributed by atoms with van der Waals surface area (Å²) >= 11 is 0. The van der Waals surface area contributed by atoms with E-state index in [2.05, 4.69) is 90.2 Å². The lowest BCUT2D eigenvalue weighted by atomic mass is 9.77. The van der Waals surface area contributed by atoms with Crippen molar-refractivity contribution in [3.05, 3.63) is 60.2 Å². The molecule has 1 saturated heterocycles. The highest BCUT2D eigenvalue weighted by molar-refractivity contribution is 6.06. The van der Waals surface area contributed by atoms with E-state index in [-0.39, 0.29) is 12.0 Å². The van der Waals surface area contributed by atoms with Crippen molar-refractivity contribution in [2.45, 2.75) is 25.0 Å². The lowest BCUT2D eigenvalue weighted by Crippen LogP contribution is -2.61. The number of hydrogen-bond donors (Lipinski definition) is 1. The average Bonchev–Trinajstić information content (AvgIpc) is 3.02. The first kappa shape index (κ1) is 21.4. The van der Waals surface area contributed by atoms with Gasteiger partial charge >= 0.3 is 0 Å². The molecule has 1 atom stereocenters. The molecule has 1 unspecified atom stereocenters. The van der Waals surface area contributed by atoms with Gasteiger partial charge in [0.15, 0.2) is 5.75 Å². The van der Waals surface area contributed by atoms with Crippen molar-refractivity contribution >= 4 is 34.0 Å². The fourth-order valence-electron chi connectivity index (χ4n) is 6.02. The summed E-state index contributed by atoms with van der Waals surface area (Å²) in [4.78, 5) is 12.1. The number of para-hydroxylation sites is 1. The topological polar surface area (TPSA) is 51.5 Å². The largest absolute Gasteiger partial charge is 0.459 e. The number of nitrogens with zero attached hydrogens (tertiary/aromatic N) is 4. The van der Waals surface area contributed by atoms with Crippen LogP contribution in [0, 0.1) is 0 Å². The standard InChI is InChI=1S/C28H32N4O2/c1-27(2)22-10-6-7-11-23(22)30(3)28(27)19-29-26-21-9-5-4-8-20(21)24(18-25(26)34-28)32-14-12-31(13-15-32)16-17-33/h4-11,18-19,33H,12-17H2,1-3H3. The Morgan fingerprint density at radius 3 is 2.38 bits per heavy atom. The number of rotatable bonds is 3. The molecule has 0 aromatic heterocycles. The van der Waals surface area contributed by atoms with Gasteiger partial charge in [-0.1, -0.05) is 42.5 Å². The molecule has 1 spiro atoms. The van der Waals surface area contributed by atoms with Crippen molar-refractivity contribution in [1.82, 2.24) is 4.90 Å². The number of anilines is 2. The van der Waals surface area contributed by atoms with Crippen molar-refractivity contribution in [2.75, 3.05) is 56.2 Å². The first-order valence-electron chi connectivity index (χ1n) is 12.2. The molecule has 0 bridgehead atoms. The van der Waals surface area contributed by atoms with Crippen molar-refractivity contribution in [1.29, 1.82) is 0 Å². The molecular weight excluding hydrogens is 424 g/mol. The van der Waals surface area contributed by atoms with Crippen LogP contribution in [0.2, 0.25) is 0 Å². The third kappa shape index (κ3) is 2.91. The third-order valence-corrected chi connectivity index (χ3v) is 8.06. The van der Waals surface area contributed by atoms with Gasteiger partial charge in [-0.25, -0.2) is 0 Å². The maximum absolute atomic E-state index is 9.32. The Balaban J connectivity index is 1.44. The highest BCUT2D eigenvalue weighted by atomic mass is 16.5. The Kier molecular flexibility index (Phi) is 4.87. The molecule has 6 rings (SSSR count). The van der Waals surface area contributed by atoms with Crippen LogP contribution < -0.4 is 14.5 Å². The third-order valence-electron chi connectivity index (χ3n) is 8.06. The fourth-order valence-corrected chi connectivity index (χ4v) is 6.02. The summed E-state index contributed by atoms with van der Waals surface area (Å²) in [5.74, 6) is 0.835. The van der Waals surface area contributed by atoms with Gasteiger partial charge in [-0.15, -0.1) is 0 Å². The van der Waals surface area contributed by atoms with Crippen LogP contribution in [-0.2, 0) is 5.41 Å². The van der Waals surface area contributed by atoms with E-state index in [9.17, 15) is 5.11 Å². The van der Waals surface area contributed by atoms with Gasteiger partial charge in [-0.3, -0.25) is 9.89 Å². The van der Waals surface area contributed by atoms with E-state index in [0.717, 1.165) is 49.5 Å². The zero-order valence-electron chi connectivity index (χ0n) is 20.2. The second kappa shape index (κ2) is 7.72. The van der Waals surface area contributed by atoms with Crippen LogP contribution in [0.1, 0.15) is 19.4 Å². The van der Waals surface area contributed by atoms with E-state index in [1.807, 2.05) is 6.21 Å². The van der Waals surface area contributed by atoms with Crippen molar-refractivity contribution in [3.8, 4) is 5.75 Å². The van der Waals surface area contributed by atoms with E-state index < -0.39 is 5.72 Å². The fraction of sp³-hybridized carbons (Fsp3) is 0.393. The van der Waals surface area contributed by atoms with E-state index in [1.54, 1.807) is 0 Å². The molecule has 0 aliphatic carbocycles. The number of aliphatic hydroxyl groups excluding tert-OH is 1. The van der Waals surface area contributed by atoms with E-state index >= 15 is 0 Å². The summed E-state index contributed by atoms with van der Waals surface area (Å²) in [6.45, 7) is 9.17. The van der Waals surface area contributed by atoms with Gasteiger partial charge in [0.25, 0.3) is 0 Å². The molecule has 0 amide bonds. The molecule has 0 saturated carbocycles. The minimum absolute atomic E-state index is 0.210. The number of hydrogen-bond acceptors (Lipinski definition) is 6. The number of likely N-dealkylation sites (N-methyl/N-ethyl adjacent to an activating group) is 1. The highest BCUT2D eigenvalue weighted by Crippen LogP contribution is 2.55. The van der Waals surface area contributed by atoms with Crippen molar-refractivity contribution in [3.63, 3.8) is 0 Å². The van der Waals surface area contributed by atoms with Crippen molar-refractivity contribution in [2.24, 2.45) is 4.99 Å². The summed E-state index contributed by atoms with van der Waals surface area (Å²) in [7, 11) is 2.10. The Labute approximate surface area is 201 Å². The molecule has 176 valence electrons. The number of piperazine rings is 1. The van der Waals surface area contributed by atoms with Gasteiger partial charge in [0.05, 0.1) is 18.2 Å². The number of aliphatic imine (C=N–C) groups is 1. The smallest absolute Gasteiger partial charge is 0.228 e. The lowest BCUT2D eigenvalue weighted by Gasteiger charge is -2.45. The first-order chi connectivity index (χ1) is 16.5. The predicted octanol–water partition coefficient (Wildman–Crippen LogP) is 4.17.